The van der Waals surface area contributed by atoms with Gasteiger partial charge in [-0.2, -0.15) is 0 Å². The molecule has 2 bridgehead atoms. The van der Waals surface area contributed by atoms with Crippen LogP contribution in [0.25, 0.3) is 0 Å². The van der Waals surface area contributed by atoms with Crippen LogP contribution in [0.15, 0.2) is 0 Å². The molecule has 5 aliphatic rings. The molecule has 1 saturated heterocycles. The van der Waals surface area contributed by atoms with Crippen molar-refractivity contribution in [2.45, 2.75) is 31.5 Å². The molecule has 64 valence electrons. The third-order valence-electron chi connectivity index (χ3n) is 5.84. The van der Waals surface area contributed by atoms with Gasteiger partial charge in [0.25, 0.3) is 0 Å². The summed E-state index contributed by atoms with van der Waals surface area (Å²) >= 11 is 0. The minimum atomic E-state index is 0.729. The molecule has 0 spiro atoms. The van der Waals surface area contributed by atoms with Crippen molar-refractivity contribution in [2.24, 2.45) is 35.5 Å². The number of hydrogen-bond acceptors (Lipinski definition) is 1. The molecule has 5 fully saturated rings. The molecular weight excluding hydrogens is 148 g/mol. The Hall–Kier alpha value is -0.0400. The molecular formula is C11H14O. The van der Waals surface area contributed by atoms with Gasteiger partial charge in [-0.3, -0.25) is 0 Å². The summed E-state index contributed by atoms with van der Waals surface area (Å²) < 4.78 is 6.13. The fourth-order valence-electron chi connectivity index (χ4n) is 5.87. The standard InChI is InChI=1S/C11H14O/c1-6-4-2-8-10(6)11-7(1)5(4)3-9(11)12-8/h4-11H,1-3H2/t4-,5-,6-,7-,8-,9+,10-,11-/m1/s1. The van der Waals surface area contributed by atoms with E-state index in [0.717, 1.165) is 47.7 Å². The van der Waals surface area contributed by atoms with E-state index in [1.54, 1.807) is 6.42 Å². The molecule has 4 saturated carbocycles. The molecule has 1 aliphatic heterocycles. The van der Waals surface area contributed by atoms with Gasteiger partial charge in [-0.05, 0) is 54.8 Å². The summed E-state index contributed by atoms with van der Waals surface area (Å²) in [5, 5.41) is 0. The molecule has 1 heteroatoms. The highest BCUT2D eigenvalue weighted by Gasteiger charge is 2.73. The van der Waals surface area contributed by atoms with E-state index in [0.29, 0.717) is 0 Å². The molecule has 4 aliphatic carbocycles. The highest BCUT2D eigenvalue weighted by Crippen LogP contribution is 2.74. The minimum absolute atomic E-state index is 0.729. The Morgan fingerprint density at radius 1 is 0.667 bits per heavy atom. The van der Waals surface area contributed by atoms with E-state index in [1.807, 2.05) is 0 Å². The Morgan fingerprint density at radius 3 is 1.83 bits per heavy atom. The first kappa shape index (κ1) is 5.64. The number of fused-ring (bicyclic) bond motifs is 1. The first-order valence-electron chi connectivity index (χ1n) is 5.59. The Morgan fingerprint density at radius 2 is 1.25 bits per heavy atom. The maximum atomic E-state index is 6.13. The molecule has 0 aromatic carbocycles. The van der Waals surface area contributed by atoms with Crippen LogP contribution >= 0.6 is 0 Å². The van der Waals surface area contributed by atoms with Crippen LogP contribution in [0.5, 0.6) is 0 Å². The monoisotopic (exact) mass is 162 g/mol. The van der Waals surface area contributed by atoms with E-state index in [4.69, 9.17) is 4.74 Å². The molecule has 0 amide bonds. The average Bonchev–Trinajstić information content (AvgIpc) is 2.57. The van der Waals surface area contributed by atoms with Crippen LogP contribution in [0.2, 0.25) is 0 Å². The van der Waals surface area contributed by atoms with Crippen molar-refractivity contribution in [3.8, 4) is 0 Å². The first-order valence-corrected chi connectivity index (χ1v) is 5.59. The predicted molar refractivity (Wildman–Crippen MR) is 43.5 cm³/mol. The number of hydrogen-bond donors (Lipinski definition) is 0. The van der Waals surface area contributed by atoms with Crippen molar-refractivity contribution in [2.75, 3.05) is 0 Å². The highest BCUT2D eigenvalue weighted by molar-refractivity contribution is 5.20. The van der Waals surface area contributed by atoms with Crippen molar-refractivity contribution in [1.82, 2.24) is 0 Å². The average molecular weight is 162 g/mol. The zero-order valence-corrected chi connectivity index (χ0v) is 7.15. The Bertz CT molecular complexity index is 244. The Kier molecular flexibility index (Phi) is 0.654. The van der Waals surface area contributed by atoms with Crippen molar-refractivity contribution < 1.29 is 4.74 Å². The second-order valence-electron chi connectivity index (χ2n) is 5.73. The SMILES string of the molecule is C1[C@@H]2[C@@H]3C[C@@H]4O[C@@H]5C[C@H]3[C@@H]1[C@H]5[C@H]24. The lowest BCUT2D eigenvalue weighted by molar-refractivity contribution is 0.0392. The molecule has 0 aromatic rings. The van der Waals surface area contributed by atoms with Gasteiger partial charge in [-0.1, -0.05) is 0 Å². The first-order chi connectivity index (χ1) is 5.93. The van der Waals surface area contributed by atoms with E-state index < -0.39 is 0 Å². The van der Waals surface area contributed by atoms with Crippen LogP contribution in [0.1, 0.15) is 19.3 Å². The summed E-state index contributed by atoms with van der Waals surface area (Å²) in [6.45, 7) is 0. The van der Waals surface area contributed by atoms with Gasteiger partial charge in [-0.15, -0.1) is 0 Å². The summed E-state index contributed by atoms with van der Waals surface area (Å²) in [5.74, 6) is 6.58. The summed E-state index contributed by atoms with van der Waals surface area (Å²) in [7, 11) is 0. The summed E-state index contributed by atoms with van der Waals surface area (Å²) in [6.07, 6.45) is 5.95. The van der Waals surface area contributed by atoms with Crippen LogP contribution < -0.4 is 0 Å². The summed E-state index contributed by atoms with van der Waals surface area (Å²) in [6, 6.07) is 0. The maximum absolute atomic E-state index is 6.13. The lowest BCUT2D eigenvalue weighted by Crippen LogP contribution is -2.22. The van der Waals surface area contributed by atoms with Gasteiger partial charge in [0.15, 0.2) is 0 Å². The van der Waals surface area contributed by atoms with Gasteiger partial charge < -0.3 is 4.74 Å². The van der Waals surface area contributed by atoms with Crippen LogP contribution in [-0.4, -0.2) is 12.2 Å². The molecule has 1 nitrogen and oxygen atoms in total. The third kappa shape index (κ3) is 0.348. The van der Waals surface area contributed by atoms with Crippen LogP contribution in [0.4, 0.5) is 0 Å². The van der Waals surface area contributed by atoms with Gasteiger partial charge in [0.05, 0.1) is 12.2 Å². The maximum Gasteiger partial charge on any atom is 0.0616 e. The highest BCUT2D eigenvalue weighted by atomic mass is 16.5. The van der Waals surface area contributed by atoms with Crippen molar-refractivity contribution in [3.05, 3.63) is 0 Å². The zero-order chi connectivity index (χ0) is 7.45. The van der Waals surface area contributed by atoms with E-state index in [1.165, 1.54) is 12.8 Å². The lowest BCUT2D eigenvalue weighted by Gasteiger charge is -2.23. The molecule has 0 unspecified atom stereocenters. The van der Waals surface area contributed by atoms with Crippen molar-refractivity contribution >= 4 is 0 Å². The predicted octanol–water partition coefficient (Wildman–Crippen LogP) is 1.68. The van der Waals surface area contributed by atoms with Crippen molar-refractivity contribution in [3.63, 3.8) is 0 Å². The second-order valence-corrected chi connectivity index (χ2v) is 5.73. The van der Waals surface area contributed by atoms with Gasteiger partial charge in [0.2, 0.25) is 0 Å². The molecule has 1 heterocycles. The Balaban J connectivity index is 1.87. The molecule has 0 N–H and O–H groups in total. The molecule has 8 atom stereocenters. The zero-order valence-electron chi connectivity index (χ0n) is 7.15. The van der Waals surface area contributed by atoms with Crippen LogP contribution in [0, 0.1) is 35.5 Å². The largest absolute Gasteiger partial charge is 0.374 e. The molecule has 12 heavy (non-hydrogen) atoms. The van der Waals surface area contributed by atoms with Gasteiger partial charge in [0, 0.05) is 0 Å². The summed E-state index contributed by atoms with van der Waals surface area (Å²) in [5.41, 5.74) is 0. The van der Waals surface area contributed by atoms with E-state index >= 15 is 0 Å². The van der Waals surface area contributed by atoms with Gasteiger partial charge >= 0.3 is 0 Å². The quantitative estimate of drug-likeness (QED) is 0.526. The summed E-state index contributed by atoms with van der Waals surface area (Å²) in [4.78, 5) is 0. The fraction of sp³-hybridized carbons (Fsp3) is 1.00. The number of rotatable bonds is 0. The number of ether oxygens (including phenoxy) is 1. The minimum Gasteiger partial charge on any atom is -0.374 e. The van der Waals surface area contributed by atoms with Crippen LogP contribution in [0.3, 0.4) is 0 Å². The van der Waals surface area contributed by atoms with E-state index in [9.17, 15) is 0 Å². The topological polar surface area (TPSA) is 9.23 Å². The fourth-order valence-corrected chi connectivity index (χ4v) is 5.87. The van der Waals surface area contributed by atoms with Crippen LogP contribution in [-0.2, 0) is 4.74 Å². The van der Waals surface area contributed by atoms with E-state index in [-0.39, 0.29) is 0 Å². The normalized spacial score (nSPS) is 80.0. The van der Waals surface area contributed by atoms with E-state index in [2.05, 4.69) is 0 Å². The molecule has 0 aromatic heterocycles. The Labute approximate surface area is 72.5 Å². The van der Waals surface area contributed by atoms with Gasteiger partial charge in [0.1, 0.15) is 0 Å². The smallest absolute Gasteiger partial charge is 0.0616 e. The lowest BCUT2D eigenvalue weighted by atomic mass is 9.80. The second kappa shape index (κ2) is 1.39. The van der Waals surface area contributed by atoms with Gasteiger partial charge in [-0.25, -0.2) is 0 Å². The third-order valence-corrected chi connectivity index (χ3v) is 5.84. The molecule has 0 radical (unpaired) electrons. The molecule has 5 rings (SSSR count). The van der Waals surface area contributed by atoms with Crippen molar-refractivity contribution in [1.29, 1.82) is 0 Å².